The molecular formula is C12H15NO2. The Kier molecular flexibility index (Phi) is 5.19. The highest BCUT2D eigenvalue weighted by Crippen LogP contribution is 2.00. The molecule has 0 aliphatic heterocycles. The molecule has 0 spiro atoms. The van der Waals surface area contributed by atoms with Crippen LogP contribution < -0.4 is 5.32 Å². The van der Waals surface area contributed by atoms with Gasteiger partial charge in [-0.15, -0.1) is 0 Å². The Labute approximate surface area is 89.8 Å². The standard InChI is InChI=1S/C12H15NO2/c1-15-10-9-13-12(14)8-7-11-5-3-2-4-6-11/h2-8H,9-10H2,1H3,(H,13,14)/b8-7+. The van der Waals surface area contributed by atoms with Crippen LogP contribution in [0.3, 0.4) is 0 Å². The lowest BCUT2D eigenvalue weighted by atomic mass is 10.2. The second kappa shape index (κ2) is 6.79. The second-order valence-corrected chi connectivity index (χ2v) is 3.03. The Hall–Kier alpha value is -1.61. The molecule has 0 heterocycles. The number of benzene rings is 1. The largest absolute Gasteiger partial charge is 0.383 e. The number of amides is 1. The maximum atomic E-state index is 11.2. The van der Waals surface area contributed by atoms with Gasteiger partial charge in [0.1, 0.15) is 0 Å². The van der Waals surface area contributed by atoms with Crippen LogP contribution in [0.4, 0.5) is 0 Å². The molecule has 3 nitrogen and oxygen atoms in total. The Morgan fingerprint density at radius 2 is 2.13 bits per heavy atom. The summed E-state index contributed by atoms with van der Waals surface area (Å²) in [6, 6.07) is 9.69. The van der Waals surface area contributed by atoms with Crippen molar-refractivity contribution in [3.05, 3.63) is 42.0 Å². The van der Waals surface area contributed by atoms with Gasteiger partial charge in [0.2, 0.25) is 5.91 Å². The summed E-state index contributed by atoms with van der Waals surface area (Å²) in [6.07, 6.45) is 3.30. The molecule has 1 aromatic carbocycles. The minimum atomic E-state index is -0.101. The fourth-order valence-electron chi connectivity index (χ4n) is 1.07. The molecule has 0 aliphatic rings. The van der Waals surface area contributed by atoms with Crippen LogP contribution in [0.5, 0.6) is 0 Å². The summed E-state index contributed by atoms with van der Waals surface area (Å²) in [5.41, 5.74) is 1.01. The predicted octanol–water partition coefficient (Wildman–Crippen LogP) is 1.46. The summed E-state index contributed by atoms with van der Waals surface area (Å²) < 4.78 is 4.82. The van der Waals surface area contributed by atoms with E-state index in [-0.39, 0.29) is 5.91 Å². The first-order valence-corrected chi connectivity index (χ1v) is 4.83. The Balaban J connectivity index is 2.34. The van der Waals surface area contributed by atoms with Crippen molar-refractivity contribution in [2.45, 2.75) is 0 Å². The van der Waals surface area contributed by atoms with Crippen molar-refractivity contribution in [2.75, 3.05) is 20.3 Å². The maximum Gasteiger partial charge on any atom is 0.244 e. The average Bonchev–Trinajstić information content (AvgIpc) is 2.28. The van der Waals surface area contributed by atoms with E-state index in [4.69, 9.17) is 4.74 Å². The van der Waals surface area contributed by atoms with Crippen LogP contribution in [0.15, 0.2) is 36.4 Å². The molecule has 3 heteroatoms. The first-order valence-electron chi connectivity index (χ1n) is 4.83. The molecule has 1 rings (SSSR count). The summed E-state index contributed by atoms with van der Waals surface area (Å²) >= 11 is 0. The van der Waals surface area contributed by atoms with Crippen LogP contribution in [-0.2, 0) is 9.53 Å². The Morgan fingerprint density at radius 3 is 2.80 bits per heavy atom. The van der Waals surface area contributed by atoms with Crippen LogP contribution in [0, 0.1) is 0 Å². The Morgan fingerprint density at radius 1 is 1.40 bits per heavy atom. The van der Waals surface area contributed by atoms with Gasteiger partial charge in [-0.1, -0.05) is 30.3 Å². The zero-order chi connectivity index (χ0) is 10.9. The molecule has 0 aromatic heterocycles. The maximum absolute atomic E-state index is 11.2. The molecule has 0 fully saturated rings. The van der Waals surface area contributed by atoms with Gasteiger partial charge in [0.15, 0.2) is 0 Å². The van der Waals surface area contributed by atoms with Crippen molar-refractivity contribution in [3.8, 4) is 0 Å². The molecular weight excluding hydrogens is 190 g/mol. The molecule has 0 saturated heterocycles. The zero-order valence-corrected chi connectivity index (χ0v) is 8.77. The lowest BCUT2D eigenvalue weighted by Gasteiger charge is -1.99. The Bertz CT molecular complexity index is 320. The predicted molar refractivity (Wildman–Crippen MR) is 60.4 cm³/mol. The molecule has 0 radical (unpaired) electrons. The minimum Gasteiger partial charge on any atom is -0.383 e. The van der Waals surface area contributed by atoms with Crippen molar-refractivity contribution < 1.29 is 9.53 Å². The van der Waals surface area contributed by atoms with Crippen molar-refractivity contribution >= 4 is 12.0 Å². The monoisotopic (exact) mass is 205 g/mol. The van der Waals surface area contributed by atoms with Gasteiger partial charge in [0, 0.05) is 19.7 Å². The molecule has 15 heavy (non-hydrogen) atoms. The smallest absolute Gasteiger partial charge is 0.244 e. The fraction of sp³-hybridized carbons (Fsp3) is 0.250. The normalized spacial score (nSPS) is 10.5. The number of rotatable bonds is 5. The number of hydrogen-bond donors (Lipinski definition) is 1. The third-order valence-corrected chi connectivity index (χ3v) is 1.83. The number of nitrogens with one attached hydrogen (secondary N) is 1. The number of methoxy groups -OCH3 is 1. The van der Waals surface area contributed by atoms with Gasteiger partial charge < -0.3 is 10.1 Å². The van der Waals surface area contributed by atoms with E-state index in [1.807, 2.05) is 30.3 Å². The van der Waals surface area contributed by atoms with E-state index in [1.165, 1.54) is 6.08 Å². The second-order valence-electron chi connectivity index (χ2n) is 3.03. The molecule has 1 amide bonds. The zero-order valence-electron chi connectivity index (χ0n) is 8.77. The summed E-state index contributed by atoms with van der Waals surface area (Å²) in [7, 11) is 1.60. The summed E-state index contributed by atoms with van der Waals surface area (Å²) in [5.74, 6) is -0.101. The lowest BCUT2D eigenvalue weighted by molar-refractivity contribution is -0.116. The third kappa shape index (κ3) is 4.98. The number of carbonyl (C=O) groups is 1. The highest BCUT2D eigenvalue weighted by molar-refractivity contribution is 5.91. The van der Waals surface area contributed by atoms with Gasteiger partial charge in [-0.2, -0.15) is 0 Å². The van der Waals surface area contributed by atoms with Crippen LogP contribution in [0.25, 0.3) is 6.08 Å². The van der Waals surface area contributed by atoms with Gasteiger partial charge in [-0.3, -0.25) is 4.79 Å². The number of carbonyl (C=O) groups excluding carboxylic acids is 1. The van der Waals surface area contributed by atoms with E-state index in [0.29, 0.717) is 13.2 Å². The topological polar surface area (TPSA) is 38.3 Å². The minimum absolute atomic E-state index is 0.101. The van der Waals surface area contributed by atoms with Crippen LogP contribution in [0.1, 0.15) is 5.56 Å². The molecule has 1 N–H and O–H groups in total. The van der Waals surface area contributed by atoms with Gasteiger partial charge in [-0.05, 0) is 11.6 Å². The van der Waals surface area contributed by atoms with Crippen molar-refractivity contribution in [1.29, 1.82) is 0 Å². The van der Waals surface area contributed by atoms with E-state index in [1.54, 1.807) is 13.2 Å². The quantitative estimate of drug-likeness (QED) is 0.584. The first kappa shape index (κ1) is 11.5. The van der Waals surface area contributed by atoms with Crippen LogP contribution in [-0.4, -0.2) is 26.2 Å². The molecule has 0 atom stereocenters. The van der Waals surface area contributed by atoms with Crippen LogP contribution >= 0.6 is 0 Å². The van der Waals surface area contributed by atoms with Crippen molar-refractivity contribution in [2.24, 2.45) is 0 Å². The lowest BCUT2D eigenvalue weighted by Crippen LogP contribution is -2.24. The van der Waals surface area contributed by atoms with Gasteiger partial charge >= 0.3 is 0 Å². The first-order chi connectivity index (χ1) is 7.33. The SMILES string of the molecule is COCCNC(=O)/C=C/c1ccccc1. The highest BCUT2D eigenvalue weighted by atomic mass is 16.5. The van der Waals surface area contributed by atoms with Crippen LogP contribution in [0.2, 0.25) is 0 Å². The molecule has 0 bridgehead atoms. The highest BCUT2D eigenvalue weighted by Gasteiger charge is 1.93. The van der Waals surface area contributed by atoms with Crippen molar-refractivity contribution in [3.63, 3.8) is 0 Å². The van der Waals surface area contributed by atoms with E-state index >= 15 is 0 Å². The fourth-order valence-corrected chi connectivity index (χ4v) is 1.07. The molecule has 0 unspecified atom stereocenters. The van der Waals surface area contributed by atoms with E-state index in [2.05, 4.69) is 5.32 Å². The van der Waals surface area contributed by atoms with Gasteiger partial charge in [0.25, 0.3) is 0 Å². The molecule has 0 saturated carbocycles. The molecule has 0 aliphatic carbocycles. The summed E-state index contributed by atoms with van der Waals surface area (Å²) in [5, 5.41) is 2.70. The average molecular weight is 205 g/mol. The van der Waals surface area contributed by atoms with Gasteiger partial charge in [-0.25, -0.2) is 0 Å². The van der Waals surface area contributed by atoms with E-state index in [9.17, 15) is 4.79 Å². The summed E-state index contributed by atoms with van der Waals surface area (Å²) in [6.45, 7) is 1.07. The molecule has 80 valence electrons. The van der Waals surface area contributed by atoms with Crippen molar-refractivity contribution in [1.82, 2.24) is 5.32 Å². The number of ether oxygens (including phenoxy) is 1. The third-order valence-electron chi connectivity index (χ3n) is 1.83. The van der Waals surface area contributed by atoms with Gasteiger partial charge in [0.05, 0.1) is 6.61 Å². The van der Waals surface area contributed by atoms with E-state index in [0.717, 1.165) is 5.56 Å². The summed E-state index contributed by atoms with van der Waals surface area (Å²) in [4.78, 5) is 11.2. The molecule has 1 aromatic rings. The number of hydrogen-bond acceptors (Lipinski definition) is 2. The van der Waals surface area contributed by atoms with E-state index < -0.39 is 0 Å².